The molecule has 500 valence electrons. The lowest BCUT2D eigenvalue weighted by atomic mass is 10.1. The Morgan fingerprint density at radius 1 is 0.317 bits per heavy atom. The number of aliphatic hydroxyl groups excluding tert-OH is 2. The molecule has 0 spiro atoms. The third-order valence-electron chi connectivity index (χ3n) is 17.9. The standard InChI is InChI=1S/C36H30N4O.C26H26N4O3.C22H18N4O/c1-25-10-9-15-29(20-25)36-38-33-19-17-31(22-35(33)40(36)24-28-13-7-4-8-14-28)41-30-16-18-32-34(21-30)39(26(2)37-32)23-27-11-5-3-6-12-27;1-17-4-3-5-19(14-17)26-28-23-9-7-21(16-25(23)30(26)11-13-32)33-20-6-8-22-24(15-20)29(10-12-31)18(2)27-22;1-13-4-3-5-15(10-13)22-25-19-9-7-17(12-21(19)26-22)27-16-6-8-18-20(11-16)24-14(2)23-18/h3-22H,23-24H2,1-2H3;3-9,14-16,31-32H,10-13H2,1-2H3;3-12H,1-2H3,(H,23,24)(H,25,26). The lowest BCUT2D eigenvalue weighted by Crippen LogP contribution is -2.04. The van der Waals surface area contributed by atoms with Crippen molar-refractivity contribution in [3.8, 4) is 68.7 Å². The highest BCUT2D eigenvalue weighted by Crippen LogP contribution is 2.36. The maximum atomic E-state index is 9.69. The number of hydrogen-bond donors (Lipinski definition) is 4. The summed E-state index contributed by atoms with van der Waals surface area (Å²) in [4.78, 5) is 35.0. The van der Waals surface area contributed by atoms with E-state index in [1.165, 1.54) is 22.3 Å². The molecule has 0 atom stereocenters. The van der Waals surface area contributed by atoms with Gasteiger partial charge in [0.1, 0.15) is 69.4 Å². The summed E-state index contributed by atoms with van der Waals surface area (Å²) in [6.07, 6.45) is 0. The van der Waals surface area contributed by atoms with Crippen LogP contribution in [0.25, 0.3) is 100 Å². The minimum atomic E-state index is 0.0141. The molecule has 6 heterocycles. The minimum Gasteiger partial charge on any atom is -0.457 e. The van der Waals surface area contributed by atoms with Gasteiger partial charge in [-0.15, -0.1) is 0 Å². The van der Waals surface area contributed by atoms with Gasteiger partial charge in [0.05, 0.1) is 79.4 Å². The molecule has 0 radical (unpaired) electrons. The first-order chi connectivity index (χ1) is 49.3. The number of fused-ring (bicyclic) bond motifs is 6. The molecule has 17 heteroatoms. The van der Waals surface area contributed by atoms with E-state index in [1.807, 2.05) is 150 Å². The average molecular weight is 1330 g/mol. The number of ether oxygens (including phenoxy) is 3. The van der Waals surface area contributed by atoms with E-state index in [1.54, 1.807) is 0 Å². The van der Waals surface area contributed by atoms with Crippen LogP contribution in [0.4, 0.5) is 0 Å². The number of rotatable bonds is 17. The van der Waals surface area contributed by atoms with E-state index in [0.717, 1.165) is 153 Å². The molecule has 0 saturated heterocycles. The number of imidazole rings is 6. The molecule has 11 aromatic carbocycles. The summed E-state index contributed by atoms with van der Waals surface area (Å²) in [5.41, 5.74) is 20.5. The number of aliphatic hydroxyl groups is 2. The van der Waals surface area contributed by atoms with Gasteiger partial charge in [0.2, 0.25) is 0 Å². The van der Waals surface area contributed by atoms with Gasteiger partial charge in [-0.2, -0.15) is 0 Å². The summed E-state index contributed by atoms with van der Waals surface area (Å²) < 4.78 is 27.2. The van der Waals surface area contributed by atoms with Crippen LogP contribution in [0.1, 0.15) is 45.3 Å². The molecular formula is C84H74N12O5. The third kappa shape index (κ3) is 14.1. The second kappa shape index (κ2) is 28.2. The van der Waals surface area contributed by atoms with Crippen LogP contribution in [0.2, 0.25) is 0 Å². The van der Waals surface area contributed by atoms with Crippen molar-refractivity contribution < 1.29 is 24.4 Å². The molecule has 0 aliphatic heterocycles. The lowest BCUT2D eigenvalue weighted by molar-refractivity contribution is 0.276. The summed E-state index contributed by atoms with van der Waals surface area (Å²) in [7, 11) is 0. The van der Waals surface area contributed by atoms with Crippen LogP contribution < -0.4 is 14.2 Å². The number of aromatic amines is 2. The highest BCUT2D eigenvalue weighted by atomic mass is 16.5. The predicted octanol–water partition coefficient (Wildman–Crippen LogP) is 18.5. The quantitative estimate of drug-likeness (QED) is 0.0677. The lowest BCUT2D eigenvalue weighted by Gasteiger charge is -2.12. The third-order valence-corrected chi connectivity index (χ3v) is 17.9. The van der Waals surface area contributed by atoms with Crippen molar-refractivity contribution in [2.75, 3.05) is 13.2 Å². The first-order valence-corrected chi connectivity index (χ1v) is 33.8. The topological polar surface area (TPSA) is 197 Å². The van der Waals surface area contributed by atoms with Crippen LogP contribution in [0.5, 0.6) is 34.5 Å². The Morgan fingerprint density at radius 2 is 0.693 bits per heavy atom. The molecule has 4 N–H and O–H groups in total. The zero-order valence-corrected chi connectivity index (χ0v) is 56.9. The van der Waals surface area contributed by atoms with Crippen molar-refractivity contribution in [3.05, 3.63) is 288 Å². The molecule has 0 unspecified atom stereocenters. The summed E-state index contributed by atoms with van der Waals surface area (Å²) in [5.74, 6) is 9.81. The molecule has 0 bridgehead atoms. The molecule has 17 rings (SSSR count). The zero-order valence-electron chi connectivity index (χ0n) is 56.9. The summed E-state index contributed by atoms with van der Waals surface area (Å²) in [5, 5.41) is 19.1. The maximum absolute atomic E-state index is 9.69. The molecule has 6 aromatic heterocycles. The Morgan fingerprint density at radius 3 is 1.19 bits per heavy atom. The zero-order chi connectivity index (χ0) is 69.1. The maximum Gasteiger partial charge on any atom is 0.141 e. The van der Waals surface area contributed by atoms with Gasteiger partial charge in [-0.3, -0.25) is 0 Å². The van der Waals surface area contributed by atoms with E-state index >= 15 is 0 Å². The van der Waals surface area contributed by atoms with Crippen molar-refractivity contribution in [1.29, 1.82) is 0 Å². The number of benzene rings is 11. The van der Waals surface area contributed by atoms with Crippen LogP contribution in [0.3, 0.4) is 0 Å². The second-order valence-electron chi connectivity index (χ2n) is 25.4. The van der Waals surface area contributed by atoms with Crippen LogP contribution in [-0.2, 0) is 26.2 Å². The molecule has 0 fully saturated rings. The molecule has 17 aromatic rings. The monoisotopic (exact) mass is 1330 g/mol. The van der Waals surface area contributed by atoms with Crippen molar-refractivity contribution in [3.63, 3.8) is 0 Å². The smallest absolute Gasteiger partial charge is 0.141 e. The average Bonchev–Trinajstić information content (AvgIpc) is 1.65. The van der Waals surface area contributed by atoms with Gasteiger partial charge in [-0.25, -0.2) is 29.9 Å². The molecule has 0 amide bonds. The van der Waals surface area contributed by atoms with Crippen LogP contribution in [0, 0.1) is 41.5 Å². The van der Waals surface area contributed by atoms with Gasteiger partial charge in [0, 0.05) is 79.3 Å². The van der Waals surface area contributed by atoms with Gasteiger partial charge >= 0.3 is 0 Å². The van der Waals surface area contributed by atoms with E-state index < -0.39 is 0 Å². The summed E-state index contributed by atoms with van der Waals surface area (Å²) >= 11 is 0. The number of nitrogens with one attached hydrogen (secondary N) is 2. The fraction of sp³-hybridized carbons (Fsp3) is 0.143. The van der Waals surface area contributed by atoms with Crippen LogP contribution >= 0.6 is 0 Å². The molecule has 0 saturated carbocycles. The molecule has 17 nitrogen and oxygen atoms in total. The molecular weight excluding hydrogens is 1260 g/mol. The van der Waals surface area contributed by atoms with Crippen molar-refractivity contribution >= 4 is 66.2 Å². The Balaban J connectivity index is 0.000000126. The predicted molar refractivity (Wildman–Crippen MR) is 401 cm³/mol. The Hall–Kier alpha value is -12.4. The normalized spacial score (nSPS) is 11.4. The van der Waals surface area contributed by atoms with Gasteiger partial charge in [-0.1, -0.05) is 132 Å². The molecule has 101 heavy (non-hydrogen) atoms. The Labute approximate surface area is 583 Å². The van der Waals surface area contributed by atoms with E-state index in [-0.39, 0.29) is 13.2 Å². The molecule has 0 aliphatic rings. The fourth-order valence-electron chi connectivity index (χ4n) is 13.1. The number of nitrogens with zero attached hydrogens (tertiary/aromatic N) is 10. The first-order valence-electron chi connectivity index (χ1n) is 33.8. The van der Waals surface area contributed by atoms with Gasteiger partial charge in [0.25, 0.3) is 0 Å². The van der Waals surface area contributed by atoms with Crippen LogP contribution in [0.15, 0.2) is 243 Å². The van der Waals surface area contributed by atoms with Gasteiger partial charge in [0.15, 0.2) is 0 Å². The number of aryl methyl sites for hydroxylation is 6. The van der Waals surface area contributed by atoms with E-state index in [4.69, 9.17) is 34.1 Å². The number of hydrogen-bond acceptors (Lipinski definition) is 11. The number of aromatic nitrogens is 12. The van der Waals surface area contributed by atoms with Crippen molar-refractivity contribution in [2.24, 2.45) is 0 Å². The minimum absolute atomic E-state index is 0.0141. The van der Waals surface area contributed by atoms with Crippen molar-refractivity contribution in [2.45, 2.75) is 67.7 Å². The van der Waals surface area contributed by atoms with E-state index in [9.17, 15) is 10.2 Å². The van der Waals surface area contributed by atoms with E-state index in [0.29, 0.717) is 31.1 Å². The Bertz CT molecular complexity index is 5840. The van der Waals surface area contributed by atoms with Gasteiger partial charge < -0.3 is 52.7 Å². The summed E-state index contributed by atoms with van der Waals surface area (Å²) in [6.45, 7) is 14.6. The SMILES string of the molecule is Cc1cccc(-c2nc3ccc(Oc4ccc5nc(C)[nH]c5c4)cc3[nH]2)c1.Cc1cccc(-c2nc3ccc(Oc4ccc5nc(C)n(CCO)c5c4)cc3n2CCO)c1.Cc1cccc(-c2nc3ccc(Oc4ccc5nc(C)n(Cc6ccccc6)c5c4)cc3n2Cc2ccccc2)c1. The largest absolute Gasteiger partial charge is 0.457 e. The second-order valence-corrected chi connectivity index (χ2v) is 25.4. The molecule has 0 aliphatic carbocycles. The van der Waals surface area contributed by atoms with E-state index in [2.05, 4.69) is 172 Å². The Kier molecular flexibility index (Phi) is 18.0. The summed E-state index contributed by atoms with van der Waals surface area (Å²) in [6, 6.07) is 81.6. The fourth-order valence-corrected chi connectivity index (χ4v) is 13.1. The van der Waals surface area contributed by atoms with Gasteiger partial charge in [-0.05, 0) is 144 Å². The highest BCUT2D eigenvalue weighted by Gasteiger charge is 2.19. The van der Waals surface area contributed by atoms with Crippen LogP contribution in [-0.4, -0.2) is 81.6 Å². The number of H-pyrrole nitrogens is 2. The van der Waals surface area contributed by atoms with Crippen molar-refractivity contribution in [1.82, 2.24) is 58.1 Å². The highest BCUT2D eigenvalue weighted by molar-refractivity contribution is 5.86. The first kappa shape index (κ1) is 64.5.